The number of benzene rings is 1. The molecule has 5 amide bonds. The number of amides is 5. The van der Waals surface area contributed by atoms with E-state index in [4.69, 9.17) is 16.2 Å². The first-order chi connectivity index (χ1) is 14.7. The normalized spacial score (nSPS) is 15.8. The third-order valence-electron chi connectivity index (χ3n) is 4.62. The molecule has 164 valence electrons. The number of carbonyl (C=O) groups excluding carboxylic acids is 4. The van der Waals surface area contributed by atoms with Crippen LogP contribution in [0.2, 0.25) is 0 Å². The van der Waals surface area contributed by atoms with Gasteiger partial charge < -0.3 is 26.4 Å². The van der Waals surface area contributed by atoms with Gasteiger partial charge >= 0.3 is 18.0 Å². The monoisotopic (exact) mass is 445 g/mol. The zero-order chi connectivity index (χ0) is 22.5. The van der Waals surface area contributed by atoms with Crippen LogP contribution in [-0.2, 0) is 9.53 Å². The molecule has 0 spiro atoms. The molecule has 6 N–H and O–H groups in total. The van der Waals surface area contributed by atoms with Gasteiger partial charge in [-0.05, 0) is 36.6 Å². The number of rotatable bonds is 5. The van der Waals surface area contributed by atoms with Gasteiger partial charge in [0.05, 0.1) is 12.1 Å². The van der Waals surface area contributed by atoms with E-state index >= 15 is 0 Å². The summed E-state index contributed by atoms with van der Waals surface area (Å²) >= 11 is 1.15. The third kappa shape index (κ3) is 5.72. The van der Waals surface area contributed by atoms with E-state index in [0.29, 0.717) is 30.0 Å². The van der Waals surface area contributed by atoms with Crippen LogP contribution in [0, 0.1) is 0 Å². The molecular weight excluding hydrogens is 422 g/mol. The first kappa shape index (κ1) is 22.1. The first-order valence-electron chi connectivity index (χ1n) is 9.56. The van der Waals surface area contributed by atoms with E-state index in [1.807, 2.05) is 6.07 Å². The van der Waals surface area contributed by atoms with Crippen molar-refractivity contribution in [3.63, 3.8) is 0 Å². The van der Waals surface area contributed by atoms with Gasteiger partial charge in [-0.15, -0.1) is 11.3 Å². The summed E-state index contributed by atoms with van der Waals surface area (Å²) in [6.07, 6.45) is 0.767. The van der Waals surface area contributed by atoms with Gasteiger partial charge in [0.1, 0.15) is 11.1 Å². The highest BCUT2D eigenvalue weighted by atomic mass is 32.1. The fourth-order valence-electron chi connectivity index (χ4n) is 3.29. The SMILES string of the molecule is CC(=O)Nc1cccc(-c2cc(C(=O)OC3CCCN(C(N)=O)C3)c(NC(N)=O)s2)c1. The lowest BCUT2D eigenvalue weighted by Gasteiger charge is -2.31. The smallest absolute Gasteiger partial charge is 0.341 e. The van der Waals surface area contributed by atoms with Crippen LogP contribution in [0.25, 0.3) is 10.4 Å². The van der Waals surface area contributed by atoms with Crippen LogP contribution in [0.5, 0.6) is 0 Å². The van der Waals surface area contributed by atoms with Crippen molar-refractivity contribution in [3.8, 4) is 10.4 Å². The number of nitrogens with zero attached hydrogens (tertiary/aromatic N) is 1. The summed E-state index contributed by atoms with van der Waals surface area (Å²) in [4.78, 5) is 49.1. The van der Waals surface area contributed by atoms with Gasteiger partial charge in [0.2, 0.25) is 5.91 Å². The minimum absolute atomic E-state index is 0.153. The molecule has 31 heavy (non-hydrogen) atoms. The summed E-state index contributed by atoms with van der Waals surface area (Å²) in [7, 11) is 0. The zero-order valence-corrected chi connectivity index (χ0v) is 17.7. The van der Waals surface area contributed by atoms with Gasteiger partial charge in [-0.2, -0.15) is 0 Å². The molecule has 0 saturated carbocycles. The number of ether oxygens (including phenoxy) is 1. The fourth-order valence-corrected chi connectivity index (χ4v) is 4.34. The number of primary amides is 2. The number of piperidine rings is 1. The molecule has 2 heterocycles. The van der Waals surface area contributed by atoms with Crippen molar-refractivity contribution >= 4 is 46.0 Å². The van der Waals surface area contributed by atoms with E-state index in [1.54, 1.807) is 24.3 Å². The molecule has 1 unspecified atom stereocenters. The van der Waals surface area contributed by atoms with Crippen LogP contribution in [0.4, 0.5) is 20.3 Å². The van der Waals surface area contributed by atoms with Crippen molar-refractivity contribution in [3.05, 3.63) is 35.9 Å². The molecule has 1 saturated heterocycles. The summed E-state index contributed by atoms with van der Waals surface area (Å²) < 4.78 is 5.57. The van der Waals surface area contributed by atoms with Crippen LogP contribution in [0.1, 0.15) is 30.1 Å². The number of hydrogen-bond acceptors (Lipinski definition) is 6. The lowest BCUT2D eigenvalue weighted by atomic mass is 10.1. The number of urea groups is 2. The number of thiophene rings is 1. The average Bonchev–Trinajstić information content (AvgIpc) is 3.11. The van der Waals surface area contributed by atoms with Gasteiger partial charge in [0.15, 0.2) is 0 Å². The van der Waals surface area contributed by atoms with Crippen molar-refractivity contribution < 1.29 is 23.9 Å². The second-order valence-corrected chi connectivity index (χ2v) is 8.11. The maximum Gasteiger partial charge on any atom is 0.341 e. The molecule has 1 fully saturated rings. The van der Waals surface area contributed by atoms with Gasteiger partial charge in [0, 0.05) is 24.0 Å². The molecule has 0 bridgehead atoms. The van der Waals surface area contributed by atoms with E-state index < -0.39 is 24.1 Å². The lowest BCUT2D eigenvalue weighted by Crippen LogP contribution is -2.46. The Morgan fingerprint density at radius 3 is 2.61 bits per heavy atom. The van der Waals surface area contributed by atoms with Gasteiger partial charge in [-0.1, -0.05) is 12.1 Å². The molecule has 1 aromatic heterocycles. The molecule has 1 aliphatic rings. The summed E-state index contributed by atoms with van der Waals surface area (Å²) in [6.45, 7) is 2.14. The molecule has 1 atom stereocenters. The van der Waals surface area contributed by atoms with E-state index in [-0.39, 0.29) is 23.0 Å². The van der Waals surface area contributed by atoms with E-state index in [0.717, 1.165) is 16.9 Å². The summed E-state index contributed by atoms with van der Waals surface area (Å²) in [6, 6.07) is 7.29. The Balaban J connectivity index is 1.85. The quantitative estimate of drug-likeness (QED) is 0.520. The van der Waals surface area contributed by atoms with Crippen LogP contribution >= 0.6 is 11.3 Å². The molecule has 2 aromatic rings. The van der Waals surface area contributed by atoms with Gasteiger partial charge in [0.25, 0.3) is 0 Å². The molecule has 0 aliphatic carbocycles. The number of hydrogen-bond donors (Lipinski definition) is 4. The minimum atomic E-state index is -0.813. The molecule has 0 radical (unpaired) electrons. The van der Waals surface area contributed by atoms with Gasteiger partial charge in [-0.25, -0.2) is 14.4 Å². The second-order valence-electron chi connectivity index (χ2n) is 7.06. The highest BCUT2D eigenvalue weighted by Crippen LogP contribution is 2.37. The summed E-state index contributed by atoms with van der Waals surface area (Å²) in [5.74, 6) is -0.846. The Kier molecular flexibility index (Phi) is 6.75. The third-order valence-corrected chi connectivity index (χ3v) is 5.72. The van der Waals surface area contributed by atoms with Crippen LogP contribution in [-0.4, -0.2) is 48.0 Å². The molecule has 1 aromatic carbocycles. The fraction of sp³-hybridized carbons (Fsp3) is 0.300. The number of likely N-dealkylation sites (tertiary alicyclic amines) is 1. The molecule has 11 heteroatoms. The Hall–Kier alpha value is -3.60. The van der Waals surface area contributed by atoms with Crippen molar-refractivity contribution in [2.45, 2.75) is 25.9 Å². The Morgan fingerprint density at radius 1 is 1.16 bits per heavy atom. The van der Waals surface area contributed by atoms with E-state index in [9.17, 15) is 19.2 Å². The van der Waals surface area contributed by atoms with Crippen molar-refractivity contribution in [2.24, 2.45) is 11.5 Å². The maximum atomic E-state index is 12.8. The standard InChI is InChI=1S/C20H23N5O5S/c1-11(26)23-13-5-2-4-12(8-13)16-9-15(17(31-16)24-19(21)28)18(27)30-14-6-3-7-25(10-14)20(22)29/h2,4-5,8-9,14H,3,6-7,10H2,1H3,(H2,22,29)(H,23,26)(H3,21,24,28). The molecule has 1 aliphatic heterocycles. The molecular formula is C20H23N5O5S. The summed E-state index contributed by atoms with van der Waals surface area (Å²) in [5.41, 5.74) is 12.1. The van der Waals surface area contributed by atoms with Crippen LogP contribution in [0.3, 0.4) is 0 Å². The number of esters is 1. The second kappa shape index (κ2) is 9.47. The largest absolute Gasteiger partial charge is 0.457 e. The zero-order valence-electron chi connectivity index (χ0n) is 16.8. The predicted molar refractivity (Wildman–Crippen MR) is 117 cm³/mol. The Morgan fingerprint density at radius 2 is 1.94 bits per heavy atom. The van der Waals surface area contributed by atoms with E-state index in [2.05, 4.69) is 10.6 Å². The number of nitrogens with two attached hydrogens (primary N) is 2. The van der Waals surface area contributed by atoms with Crippen LogP contribution < -0.4 is 22.1 Å². The Labute approximate surface area is 182 Å². The summed E-state index contributed by atoms with van der Waals surface area (Å²) in [5, 5.41) is 5.41. The maximum absolute atomic E-state index is 12.8. The number of carbonyl (C=O) groups is 4. The van der Waals surface area contributed by atoms with Crippen LogP contribution in [0.15, 0.2) is 30.3 Å². The van der Waals surface area contributed by atoms with Crippen molar-refractivity contribution in [2.75, 3.05) is 23.7 Å². The van der Waals surface area contributed by atoms with Crippen molar-refractivity contribution in [1.82, 2.24) is 4.90 Å². The number of nitrogens with one attached hydrogen (secondary N) is 2. The van der Waals surface area contributed by atoms with Gasteiger partial charge in [-0.3, -0.25) is 10.1 Å². The first-order valence-corrected chi connectivity index (χ1v) is 10.4. The average molecular weight is 446 g/mol. The topological polar surface area (TPSA) is 157 Å². The highest BCUT2D eigenvalue weighted by Gasteiger charge is 2.27. The highest BCUT2D eigenvalue weighted by molar-refractivity contribution is 7.20. The minimum Gasteiger partial charge on any atom is -0.457 e. The molecule has 3 rings (SSSR count). The lowest BCUT2D eigenvalue weighted by molar-refractivity contribution is -0.114. The predicted octanol–water partition coefficient (Wildman–Crippen LogP) is 2.56. The Bertz CT molecular complexity index is 1020. The van der Waals surface area contributed by atoms with E-state index in [1.165, 1.54) is 11.8 Å². The number of anilines is 2. The van der Waals surface area contributed by atoms with Crippen molar-refractivity contribution in [1.29, 1.82) is 0 Å². The molecule has 10 nitrogen and oxygen atoms in total.